The molecule has 110 valence electrons. The lowest BCUT2D eigenvalue weighted by molar-refractivity contribution is -0.152. The zero-order chi connectivity index (χ0) is 15.2. The molecule has 2 heterocycles. The van der Waals surface area contributed by atoms with E-state index < -0.39 is 17.3 Å². The maximum atomic E-state index is 12.4. The highest BCUT2D eigenvalue weighted by Gasteiger charge is 2.54. The first-order chi connectivity index (χ1) is 9.98. The van der Waals surface area contributed by atoms with Crippen molar-refractivity contribution in [3.8, 4) is 0 Å². The molecule has 0 saturated heterocycles. The number of halogens is 1. The maximum absolute atomic E-state index is 12.4. The number of aromatic nitrogens is 1. The number of carbonyl (C=O) groups is 3. The second-order valence-electron chi connectivity index (χ2n) is 5.31. The van der Waals surface area contributed by atoms with Crippen molar-refractivity contribution >= 4 is 34.9 Å². The van der Waals surface area contributed by atoms with Crippen molar-refractivity contribution in [2.75, 3.05) is 12.4 Å². The van der Waals surface area contributed by atoms with E-state index in [-0.39, 0.29) is 29.7 Å². The molecule has 6 nitrogen and oxygen atoms in total. The Morgan fingerprint density at radius 2 is 2.24 bits per heavy atom. The van der Waals surface area contributed by atoms with Gasteiger partial charge < -0.3 is 10.1 Å². The monoisotopic (exact) mass is 308 g/mol. The summed E-state index contributed by atoms with van der Waals surface area (Å²) in [6.45, 7) is 0. The maximum Gasteiger partial charge on any atom is 0.316 e. The molecule has 1 spiro atoms. The van der Waals surface area contributed by atoms with Crippen LogP contribution in [0.3, 0.4) is 0 Å². The van der Waals surface area contributed by atoms with Crippen LogP contribution in [-0.2, 0) is 24.5 Å². The van der Waals surface area contributed by atoms with Gasteiger partial charge in [0.05, 0.1) is 23.9 Å². The average molecular weight is 309 g/mol. The zero-order valence-corrected chi connectivity index (χ0v) is 12.1. The third-order valence-electron chi connectivity index (χ3n) is 4.22. The van der Waals surface area contributed by atoms with Crippen molar-refractivity contribution in [1.29, 1.82) is 0 Å². The van der Waals surface area contributed by atoms with Crippen molar-refractivity contribution in [3.05, 3.63) is 23.0 Å². The van der Waals surface area contributed by atoms with Gasteiger partial charge in [-0.05, 0) is 25.0 Å². The van der Waals surface area contributed by atoms with Gasteiger partial charge in [-0.3, -0.25) is 14.4 Å². The number of methoxy groups -OCH3 is 1. The Labute approximate surface area is 125 Å². The Balaban J connectivity index is 2.05. The lowest BCUT2D eigenvalue weighted by Gasteiger charge is -2.33. The van der Waals surface area contributed by atoms with Crippen LogP contribution in [-0.4, -0.2) is 29.8 Å². The number of hydrogen-bond acceptors (Lipinski definition) is 5. The van der Waals surface area contributed by atoms with Gasteiger partial charge in [0.25, 0.3) is 0 Å². The van der Waals surface area contributed by atoms with Gasteiger partial charge in [0.15, 0.2) is 0 Å². The van der Waals surface area contributed by atoms with Crippen LogP contribution in [0.2, 0.25) is 5.15 Å². The molecule has 0 bridgehead atoms. The molecule has 0 radical (unpaired) electrons. The summed E-state index contributed by atoms with van der Waals surface area (Å²) in [6.07, 6.45) is 0.539. The fraction of sp³-hybridized carbons (Fsp3) is 0.429. The van der Waals surface area contributed by atoms with E-state index in [4.69, 9.17) is 11.6 Å². The predicted octanol–water partition coefficient (Wildman–Crippen LogP) is 1.47. The topological polar surface area (TPSA) is 85.4 Å². The van der Waals surface area contributed by atoms with Crippen LogP contribution in [0.1, 0.15) is 25.0 Å². The van der Waals surface area contributed by atoms with Crippen LogP contribution in [0, 0.1) is 5.92 Å². The molecule has 21 heavy (non-hydrogen) atoms. The number of rotatable bonds is 1. The summed E-state index contributed by atoms with van der Waals surface area (Å²) >= 11 is 5.92. The van der Waals surface area contributed by atoms with Crippen molar-refractivity contribution in [2.24, 2.45) is 5.92 Å². The number of anilines is 1. The lowest BCUT2D eigenvalue weighted by atomic mass is 9.67. The van der Waals surface area contributed by atoms with E-state index in [2.05, 4.69) is 15.0 Å². The third-order valence-corrected chi connectivity index (χ3v) is 4.43. The largest absolute Gasteiger partial charge is 0.468 e. The summed E-state index contributed by atoms with van der Waals surface area (Å²) in [5, 5.41) is 3.03. The SMILES string of the molecule is COC(=O)C1CC2(CCC1=O)C(=O)Nc1ccc(Cl)nc12. The van der Waals surface area contributed by atoms with E-state index in [0.29, 0.717) is 17.8 Å². The molecule has 1 amide bonds. The molecule has 2 unspecified atom stereocenters. The van der Waals surface area contributed by atoms with E-state index >= 15 is 0 Å². The van der Waals surface area contributed by atoms with E-state index in [9.17, 15) is 14.4 Å². The molecular formula is C14H13ClN2O4. The fourth-order valence-corrected chi connectivity index (χ4v) is 3.25. The molecule has 1 aromatic heterocycles. The fourth-order valence-electron chi connectivity index (χ4n) is 3.10. The molecule has 1 saturated carbocycles. The van der Waals surface area contributed by atoms with Crippen LogP contribution in [0.5, 0.6) is 0 Å². The predicted molar refractivity (Wildman–Crippen MR) is 73.9 cm³/mol. The Morgan fingerprint density at radius 3 is 2.95 bits per heavy atom. The number of Topliss-reactive ketones (excluding diaryl/α,β-unsaturated/α-hetero) is 1. The highest BCUT2D eigenvalue weighted by atomic mass is 35.5. The van der Waals surface area contributed by atoms with Gasteiger partial charge in [-0.15, -0.1) is 0 Å². The van der Waals surface area contributed by atoms with Crippen molar-refractivity contribution in [3.63, 3.8) is 0 Å². The van der Waals surface area contributed by atoms with Crippen LogP contribution in [0.25, 0.3) is 0 Å². The second-order valence-corrected chi connectivity index (χ2v) is 5.70. The van der Waals surface area contributed by atoms with E-state index in [1.54, 1.807) is 12.1 Å². The number of pyridine rings is 1. The first-order valence-corrected chi connectivity index (χ1v) is 6.95. The molecule has 1 aliphatic carbocycles. The number of esters is 1. The molecule has 1 N–H and O–H groups in total. The van der Waals surface area contributed by atoms with Crippen LogP contribution < -0.4 is 5.32 Å². The number of fused-ring (bicyclic) bond motifs is 2. The number of amides is 1. The van der Waals surface area contributed by atoms with Gasteiger partial charge in [-0.2, -0.15) is 0 Å². The first-order valence-electron chi connectivity index (χ1n) is 6.57. The minimum Gasteiger partial charge on any atom is -0.468 e. The third kappa shape index (κ3) is 2.01. The summed E-state index contributed by atoms with van der Waals surface area (Å²) in [5.41, 5.74) is 0.122. The Bertz CT molecular complexity index is 652. The van der Waals surface area contributed by atoms with Gasteiger partial charge in [0.2, 0.25) is 5.91 Å². The van der Waals surface area contributed by atoms with Gasteiger partial charge >= 0.3 is 5.97 Å². The van der Waals surface area contributed by atoms with Gasteiger partial charge in [-0.1, -0.05) is 11.6 Å². The number of ether oxygens (including phenoxy) is 1. The number of ketones is 1. The number of hydrogen-bond donors (Lipinski definition) is 1. The first kappa shape index (κ1) is 14.0. The van der Waals surface area contributed by atoms with E-state index in [1.807, 2.05) is 0 Å². The lowest BCUT2D eigenvalue weighted by Crippen LogP contribution is -2.45. The van der Waals surface area contributed by atoms with E-state index in [0.717, 1.165) is 0 Å². The molecule has 2 atom stereocenters. The van der Waals surface area contributed by atoms with Crippen molar-refractivity contribution in [1.82, 2.24) is 4.98 Å². The van der Waals surface area contributed by atoms with Crippen LogP contribution >= 0.6 is 11.6 Å². The number of nitrogens with zero attached hydrogens (tertiary/aromatic N) is 1. The zero-order valence-electron chi connectivity index (χ0n) is 11.3. The van der Waals surface area contributed by atoms with Gasteiger partial charge in [0.1, 0.15) is 16.9 Å². The molecule has 3 rings (SSSR count). The van der Waals surface area contributed by atoms with Crippen LogP contribution in [0.4, 0.5) is 5.69 Å². The molecule has 7 heteroatoms. The van der Waals surface area contributed by atoms with Gasteiger partial charge in [-0.25, -0.2) is 4.98 Å². The normalized spacial score (nSPS) is 27.4. The molecule has 1 fully saturated rings. The Hall–Kier alpha value is -1.95. The standard InChI is InChI=1S/C14H13ClN2O4/c1-21-12(19)7-6-14(5-4-9(7)18)11-8(16-13(14)20)2-3-10(15)17-11/h2-3,7H,4-6H2,1H3,(H,16,20). The molecule has 1 aromatic rings. The highest BCUT2D eigenvalue weighted by Crippen LogP contribution is 2.47. The van der Waals surface area contributed by atoms with Crippen molar-refractivity contribution in [2.45, 2.75) is 24.7 Å². The molecular weight excluding hydrogens is 296 g/mol. The minimum atomic E-state index is -0.979. The Kier molecular flexibility index (Phi) is 3.20. The summed E-state index contributed by atoms with van der Waals surface area (Å²) in [5.74, 6) is -1.98. The number of nitrogens with one attached hydrogen (secondary N) is 1. The molecule has 0 aromatic carbocycles. The van der Waals surface area contributed by atoms with Crippen molar-refractivity contribution < 1.29 is 19.1 Å². The number of carbonyl (C=O) groups excluding carboxylic acids is 3. The summed E-state index contributed by atoms with van der Waals surface area (Å²) in [4.78, 5) is 40.4. The van der Waals surface area contributed by atoms with Gasteiger partial charge in [0, 0.05) is 6.42 Å². The quantitative estimate of drug-likeness (QED) is 0.482. The highest BCUT2D eigenvalue weighted by molar-refractivity contribution is 6.29. The minimum absolute atomic E-state index is 0.0741. The van der Waals surface area contributed by atoms with Crippen LogP contribution in [0.15, 0.2) is 12.1 Å². The summed E-state index contributed by atoms with van der Waals surface area (Å²) in [6, 6.07) is 3.27. The molecule has 1 aliphatic heterocycles. The average Bonchev–Trinajstić information content (AvgIpc) is 2.73. The summed E-state index contributed by atoms with van der Waals surface area (Å²) in [7, 11) is 1.23. The Morgan fingerprint density at radius 1 is 1.48 bits per heavy atom. The smallest absolute Gasteiger partial charge is 0.316 e. The van der Waals surface area contributed by atoms with E-state index in [1.165, 1.54) is 7.11 Å². The summed E-state index contributed by atoms with van der Waals surface area (Å²) < 4.78 is 4.67. The molecule has 2 aliphatic rings. The second kappa shape index (κ2) is 4.80.